The van der Waals surface area contributed by atoms with Crippen LogP contribution in [0.2, 0.25) is 0 Å². The van der Waals surface area contributed by atoms with E-state index in [-0.39, 0.29) is 12.2 Å². The number of amides is 1. The molecule has 0 aliphatic carbocycles. The second-order valence-electron chi connectivity index (χ2n) is 3.12. The molecular formula is C10H8F3N3O. The zero-order chi connectivity index (χ0) is 13.1. The maximum atomic E-state index is 12.5. The lowest BCUT2D eigenvalue weighted by Gasteiger charge is -2.11. The highest BCUT2D eigenvalue weighted by Crippen LogP contribution is 2.33. The van der Waals surface area contributed by atoms with Gasteiger partial charge in [-0.25, -0.2) is 0 Å². The minimum absolute atomic E-state index is 0.0493. The summed E-state index contributed by atoms with van der Waals surface area (Å²) in [6.45, 7) is -0.332. The Morgan fingerprint density at radius 3 is 2.59 bits per heavy atom. The Labute approximate surface area is 94.8 Å². The topological polar surface area (TPSA) is 78.9 Å². The first-order chi connectivity index (χ1) is 7.88. The summed E-state index contributed by atoms with van der Waals surface area (Å²) in [6, 6.07) is 4.34. The lowest BCUT2D eigenvalue weighted by Crippen LogP contribution is -2.22. The number of nitriles is 1. The molecule has 0 radical (unpaired) electrons. The van der Waals surface area contributed by atoms with Crippen molar-refractivity contribution in [3.05, 3.63) is 29.3 Å². The van der Waals surface area contributed by atoms with Gasteiger partial charge in [0.05, 0.1) is 23.7 Å². The number of alkyl halides is 3. The highest BCUT2D eigenvalue weighted by Gasteiger charge is 2.33. The van der Waals surface area contributed by atoms with Crippen LogP contribution in [0.4, 0.5) is 18.9 Å². The molecule has 0 fully saturated rings. The largest absolute Gasteiger partial charge is 0.417 e. The third-order valence-electron chi connectivity index (χ3n) is 1.91. The number of nitrogens with one attached hydrogen (secondary N) is 1. The van der Waals surface area contributed by atoms with Gasteiger partial charge >= 0.3 is 6.18 Å². The molecule has 0 aromatic heterocycles. The van der Waals surface area contributed by atoms with Crippen molar-refractivity contribution in [2.45, 2.75) is 6.18 Å². The number of carbonyl (C=O) groups is 1. The molecule has 90 valence electrons. The van der Waals surface area contributed by atoms with Gasteiger partial charge < -0.3 is 11.1 Å². The summed E-state index contributed by atoms with van der Waals surface area (Å²) in [6.07, 6.45) is -4.64. The molecule has 1 rings (SSSR count). The maximum Gasteiger partial charge on any atom is 0.417 e. The number of nitrogens with two attached hydrogens (primary N) is 1. The number of hydrogen-bond donors (Lipinski definition) is 2. The van der Waals surface area contributed by atoms with E-state index in [4.69, 9.17) is 11.0 Å². The average Bonchev–Trinajstić information content (AvgIpc) is 2.27. The minimum Gasteiger partial charge on any atom is -0.325 e. The predicted molar refractivity (Wildman–Crippen MR) is 53.8 cm³/mol. The molecule has 0 saturated carbocycles. The number of anilines is 1. The minimum atomic E-state index is -4.64. The fraction of sp³-hybridized carbons (Fsp3) is 0.200. The van der Waals surface area contributed by atoms with Crippen molar-refractivity contribution in [1.82, 2.24) is 0 Å². The normalized spacial score (nSPS) is 10.8. The smallest absolute Gasteiger partial charge is 0.325 e. The van der Waals surface area contributed by atoms with Crippen LogP contribution in [0.25, 0.3) is 0 Å². The molecule has 3 N–H and O–H groups in total. The van der Waals surface area contributed by atoms with Gasteiger partial charge in [0.2, 0.25) is 5.91 Å². The number of halogens is 3. The lowest BCUT2D eigenvalue weighted by atomic mass is 10.1. The predicted octanol–water partition coefficient (Wildman–Crippen LogP) is 1.47. The van der Waals surface area contributed by atoms with Crippen LogP contribution in [0.3, 0.4) is 0 Å². The number of rotatable bonds is 2. The van der Waals surface area contributed by atoms with E-state index < -0.39 is 23.2 Å². The molecule has 0 aliphatic rings. The van der Waals surface area contributed by atoms with Gasteiger partial charge in [0.15, 0.2) is 0 Å². The van der Waals surface area contributed by atoms with E-state index in [1.165, 1.54) is 12.1 Å². The lowest BCUT2D eigenvalue weighted by molar-refractivity contribution is -0.137. The molecule has 0 bridgehead atoms. The second-order valence-corrected chi connectivity index (χ2v) is 3.12. The fourth-order valence-electron chi connectivity index (χ4n) is 1.17. The van der Waals surface area contributed by atoms with E-state index in [9.17, 15) is 18.0 Å². The summed E-state index contributed by atoms with van der Waals surface area (Å²) in [7, 11) is 0. The highest BCUT2D eigenvalue weighted by molar-refractivity contribution is 5.92. The molecule has 0 unspecified atom stereocenters. The van der Waals surface area contributed by atoms with Gasteiger partial charge in [0.25, 0.3) is 0 Å². The van der Waals surface area contributed by atoms with E-state index in [0.29, 0.717) is 6.07 Å². The molecule has 0 atom stereocenters. The first-order valence-electron chi connectivity index (χ1n) is 4.49. The third kappa shape index (κ3) is 3.19. The Morgan fingerprint density at radius 2 is 2.12 bits per heavy atom. The van der Waals surface area contributed by atoms with E-state index in [1.807, 2.05) is 0 Å². The van der Waals surface area contributed by atoms with E-state index in [2.05, 4.69) is 5.32 Å². The number of benzene rings is 1. The van der Waals surface area contributed by atoms with Gasteiger partial charge in [-0.2, -0.15) is 18.4 Å². The van der Waals surface area contributed by atoms with Crippen molar-refractivity contribution in [1.29, 1.82) is 5.26 Å². The summed E-state index contributed by atoms with van der Waals surface area (Å²) >= 11 is 0. The Morgan fingerprint density at radius 1 is 1.47 bits per heavy atom. The van der Waals surface area contributed by atoms with Gasteiger partial charge in [-0.15, -0.1) is 0 Å². The first kappa shape index (κ1) is 13.0. The van der Waals surface area contributed by atoms with E-state index in [0.717, 1.165) is 6.07 Å². The van der Waals surface area contributed by atoms with Crippen LogP contribution < -0.4 is 11.1 Å². The number of carbonyl (C=O) groups excluding carboxylic acids is 1. The zero-order valence-corrected chi connectivity index (χ0v) is 8.51. The number of nitrogens with zero attached hydrogens (tertiary/aromatic N) is 1. The molecule has 1 amide bonds. The average molecular weight is 243 g/mol. The van der Waals surface area contributed by atoms with Crippen molar-refractivity contribution in [3.63, 3.8) is 0 Å². The van der Waals surface area contributed by atoms with Crippen LogP contribution in [0.15, 0.2) is 18.2 Å². The molecule has 1 aromatic carbocycles. The Hall–Kier alpha value is -2.07. The third-order valence-corrected chi connectivity index (χ3v) is 1.91. The molecule has 0 heterocycles. The highest BCUT2D eigenvalue weighted by atomic mass is 19.4. The summed E-state index contributed by atoms with van der Waals surface area (Å²) in [5.74, 6) is -0.608. The fourth-order valence-corrected chi connectivity index (χ4v) is 1.17. The van der Waals surface area contributed by atoms with Gasteiger partial charge in [-0.05, 0) is 18.2 Å². The van der Waals surface area contributed by atoms with Gasteiger partial charge in [-0.1, -0.05) is 0 Å². The summed E-state index contributed by atoms with van der Waals surface area (Å²) in [5, 5.41) is 10.7. The van der Waals surface area contributed by atoms with Crippen LogP contribution in [-0.2, 0) is 11.0 Å². The van der Waals surface area contributed by atoms with Crippen molar-refractivity contribution < 1.29 is 18.0 Å². The molecule has 4 nitrogen and oxygen atoms in total. The quantitative estimate of drug-likeness (QED) is 0.825. The first-order valence-corrected chi connectivity index (χ1v) is 4.49. The second kappa shape index (κ2) is 4.84. The van der Waals surface area contributed by atoms with E-state index >= 15 is 0 Å². The Bertz CT molecular complexity index is 477. The SMILES string of the molecule is N#Cc1ccc(NC(=O)CN)cc1C(F)(F)F. The molecule has 0 saturated heterocycles. The molecule has 0 aliphatic heterocycles. The van der Waals surface area contributed by atoms with Crippen molar-refractivity contribution >= 4 is 11.6 Å². The molecular weight excluding hydrogens is 235 g/mol. The van der Waals surface area contributed by atoms with Crippen molar-refractivity contribution in [3.8, 4) is 6.07 Å². The zero-order valence-electron chi connectivity index (χ0n) is 8.51. The van der Waals surface area contributed by atoms with Crippen LogP contribution in [0, 0.1) is 11.3 Å². The molecule has 7 heteroatoms. The number of hydrogen-bond acceptors (Lipinski definition) is 3. The molecule has 0 spiro atoms. The van der Waals surface area contributed by atoms with Gasteiger partial charge in [0.1, 0.15) is 0 Å². The van der Waals surface area contributed by atoms with Crippen LogP contribution in [0.1, 0.15) is 11.1 Å². The van der Waals surface area contributed by atoms with E-state index in [1.54, 1.807) is 0 Å². The van der Waals surface area contributed by atoms with Crippen LogP contribution >= 0.6 is 0 Å². The molecule has 1 aromatic rings. The summed E-state index contributed by atoms with van der Waals surface area (Å²) in [4.78, 5) is 10.9. The van der Waals surface area contributed by atoms with Gasteiger partial charge in [-0.3, -0.25) is 4.79 Å². The van der Waals surface area contributed by atoms with Crippen molar-refractivity contribution in [2.24, 2.45) is 5.73 Å². The molecule has 17 heavy (non-hydrogen) atoms. The van der Waals surface area contributed by atoms with Crippen LogP contribution in [-0.4, -0.2) is 12.5 Å². The maximum absolute atomic E-state index is 12.5. The van der Waals surface area contributed by atoms with Crippen molar-refractivity contribution in [2.75, 3.05) is 11.9 Å². The standard InChI is InChI=1S/C10H8F3N3O/c11-10(12,13)8-3-7(16-9(17)5-15)2-1-6(8)4-14/h1-3H,5,15H2,(H,16,17). The van der Waals surface area contributed by atoms with Gasteiger partial charge in [0, 0.05) is 5.69 Å². The van der Waals surface area contributed by atoms with Crippen LogP contribution in [0.5, 0.6) is 0 Å². The Balaban J connectivity index is 3.15. The summed E-state index contributed by atoms with van der Waals surface area (Å²) < 4.78 is 37.6. The summed E-state index contributed by atoms with van der Waals surface area (Å²) in [5.41, 5.74) is 3.38. The Kier molecular flexibility index (Phi) is 3.70. The monoisotopic (exact) mass is 243 g/mol.